The van der Waals surface area contributed by atoms with Gasteiger partial charge in [0.2, 0.25) is 0 Å². The number of aliphatic imine (C=N–C) groups is 1. The minimum Gasteiger partial charge on any atom is -0.356 e. The fourth-order valence-electron chi connectivity index (χ4n) is 2.22. The topological polar surface area (TPSA) is 39.7 Å². The van der Waals surface area contributed by atoms with Gasteiger partial charge >= 0.3 is 0 Å². The van der Waals surface area contributed by atoms with E-state index in [4.69, 9.17) is 0 Å². The van der Waals surface area contributed by atoms with Crippen molar-refractivity contribution in [2.75, 3.05) is 40.3 Å². The molecule has 0 bridgehead atoms. The van der Waals surface area contributed by atoms with E-state index in [1.54, 1.807) is 0 Å². The van der Waals surface area contributed by atoms with Crippen LogP contribution in [0, 0.1) is 11.8 Å². The molecule has 16 heavy (non-hydrogen) atoms. The summed E-state index contributed by atoms with van der Waals surface area (Å²) >= 11 is 0. The molecule has 1 saturated carbocycles. The number of hydrogen-bond acceptors (Lipinski definition) is 2. The van der Waals surface area contributed by atoms with Crippen molar-refractivity contribution in [3.8, 4) is 0 Å². The first-order chi connectivity index (χ1) is 7.78. The quantitative estimate of drug-likeness (QED) is 0.540. The maximum absolute atomic E-state index is 4.25. The molecule has 2 rings (SSSR count). The number of guanidine groups is 1. The summed E-state index contributed by atoms with van der Waals surface area (Å²) in [5.41, 5.74) is 0. The molecule has 1 atom stereocenters. The monoisotopic (exact) mass is 224 g/mol. The molecule has 0 aromatic rings. The first-order valence-corrected chi connectivity index (χ1v) is 6.41. The summed E-state index contributed by atoms with van der Waals surface area (Å²) in [5.74, 6) is 2.65. The van der Waals surface area contributed by atoms with Gasteiger partial charge < -0.3 is 15.5 Å². The average Bonchev–Trinajstić information content (AvgIpc) is 3.02. The van der Waals surface area contributed by atoms with E-state index in [-0.39, 0.29) is 0 Å². The molecule has 1 aliphatic heterocycles. The molecule has 4 nitrogen and oxygen atoms in total. The minimum atomic E-state index is 0.782. The molecule has 1 saturated heterocycles. The molecule has 1 unspecified atom stereocenters. The van der Waals surface area contributed by atoms with Crippen molar-refractivity contribution in [3.05, 3.63) is 0 Å². The van der Waals surface area contributed by atoms with Crippen LogP contribution in [0.25, 0.3) is 0 Å². The molecule has 0 spiro atoms. The molecule has 0 aromatic carbocycles. The molecule has 1 aliphatic carbocycles. The fourth-order valence-corrected chi connectivity index (χ4v) is 2.22. The summed E-state index contributed by atoms with van der Waals surface area (Å²) in [7, 11) is 4.04. The molecule has 0 amide bonds. The van der Waals surface area contributed by atoms with E-state index >= 15 is 0 Å². The number of rotatable bonds is 4. The standard InChI is InChI=1S/C12H24N4/c1-13-12(14-7-10-3-4-10)15-8-11-5-6-16(2)9-11/h10-11H,3-9H2,1-2H3,(H2,13,14,15). The van der Waals surface area contributed by atoms with Gasteiger partial charge in [0.1, 0.15) is 0 Å². The lowest BCUT2D eigenvalue weighted by atomic mass is 10.1. The van der Waals surface area contributed by atoms with Crippen molar-refractivity contribution >= 4 is 5.96 Å². The van der Waals surface area contributed by atoms with Crippen LogP contribution in [0.4, 0.5) is 0 Å². The Labute approximate surface area is 98.5 Å². The summed E-state index contributed by atoms with van der Waals surface area (Å²) in [6.45, 7) is 4.59. The number of likely N-dealkylation sites (tertiary alicyclic amines) is 1. The first-order valence-electron chi connectivity index (χ1n) is 6.41. The maximum atomic E-state index is 4.25. The Hall–Kier alpha value is -0.770. The number of hydrogen-bond donors (Lipinski definition) is 2. The molecule has 2 N–H and O–H groups in total. The Balaban J connectivity index is 1.62. The zero-order chi connectivity index (χ0) is 11.4. The third kappa shape index (κ3) is 3.67. The fraction of sp³-hybridized carbons (Fsp3) is 0.917. The SMILES string of the molecule is CN=C(NCC1CC1)NCC1CCN(C)C1. The highest BCUT2D eigenvalue weighted by molar-refractivity contribution is 5.79. The second-order valence-electron chi connectivity index (χ2n) is 5.19. The lowest BCUT2D eigenvalue weighted by Crippen LogP contribution is -2.40. The zero-order valence-corrected chi connectivity index (χ0v) is 10.5. The average molecular weight is 224 g/mol. The van der Waals surface area contributed by atoms with Gasteiger partial charge in [-0.3, -0.25) is 4.99 Å². The normalized spacial score (nSPS) is 27.1. The predicted octanol–water partition coefficient (Wildman–Crippen LogP) is 0.513. The van der Waals surface area contributed by atoms with Crippen LogP contribution in [-0.2, 0) is 0 Å². The van der Waals surface area contributed by atoms with E-state index in [9.17, 15) is 0 Å². The summed E-state index contributed by atoms with van der Waals surface area (Å²) in [6, 6.07) is 0. The highest BCUT2D eigenvalue weighted by Crippen LogP contribution is 2.27. The van der Waals surface area contributed by atoms with Crippen molar-refractivity contribution in [2.24, 2.45) is 16.8 Å². The predicted molar refractivity (Wildman–Crippen MR) is 67.7 cm³/mol. The molecule has 0 radical (unpaired) electrons. The Morgan fingerprint density at radius 2 is 1.88 bits per heavy atom. The first kappa shape index (κ1) is 11.7. The van der Waals surface area contributed by atoms with Gasteiger partial charge in [-0.25, -0.2) is 0 Å². The van der Waals surface area contributed by atoms with Crippen LogP contribution in [0.3, 0.4) is 0 Å². The van der Waals surface area contributed by atoms with Gasteiger partial charge in [0.25, 0.3) is 0 Å². The maximum Gasteiger partial charge on any atom is 0.190 e. The lowest BCUT2D eigenvalue weighted by Gasteiger charge is -2.15. The van der Waals surface area contributed by atoms with Crippen LogP contribution in [0.1, 0.15) is 19.3 Å². The third-order valence-electron chi connectivity index (χ3n) is 3.53. The van der Waals surface area contributed by atoms with Crippen LogP contribution in [0.2, 0.25) is 0 Å². The van der Waals surface area contributed by atoms with Crippen molar-refractivity contribution in [3.63, 3.8) is 0 Å². The molecule has 2 aliphatic rings. The van der Waals surface area contributed by atoms with Gasteiger partial charge in [0.15, 0.2) is 5.96 Å². The highest BCUT2D eigenvalue weighted by Gasteiger charge is 2.22. The van der Waals surface area contributed by atoms with Crippen molar-refractivity contribution in [1.29, 1.82) is 0 Å². The second-order valence-corrected chi connectivity index (χ2v) is 5.19. The Morgan fingerprint density at radius 3 is 2.38 bits per heavy atom. The van der Waals surface area contributed by atoms with Crippen LogP contribution >= 0.6 is 0 Å². The Bertz CT molecular complexity index is 247. The van der Waals surface area contributed by atoms with Crippen LogP contribution < -0.4 is 10.6 Å². The molecule has 1 heterocycles. The second kappa shape index (κ2) is 5.53. The molecular formula is C12H24N4. The summed E-state index contributed by atoms with van der Waals surface area (Å²) in [6.07, 6.45) is 4.08. The molecule has 4 heteroatoms. The van der Waals surface area contributed by atoms with Gasteiger partial charge in [-0.2, -0.15) is 0 Å². The zero-order valence-electron chi connectivity index (χ0n) is 10.5. The van der Waals surface area contributed by atoms with Crippen LogP contribution in [0.5, 0.6) is 0 Å². The third-order valence-corrected chi connectivity index (χ3v) is 3.53. The summed E-state index contributed by atoms with van der Waals surface area (Å²) < 4.78 is 0. The molecular weight excluding hydrogens is 200 g/mol. The van der Waals surface area contributed by atoms with Gasteiger partial charge in [0.05, 0.1) is 0 Å². The van der Waals surface area contributed by atoms with Gasteiger partial charge in [-0.15, -0.1) is 0 Å². The van der Waals surface area contributed by atoms with E-state index in [1.807, 2.05) is 7.05 Å². The minimum absolute atomic E-state index is 0.782. The van der Waals surface area contributed by atoms with E-state index in [2.05, 4.69) is 27.6 Å². The van der Waals surface area contributed by atoms with E-state index in [0.717, 1.165) is 30.9 Å². The molecule has 92 valence electrons. The number of nitrogens with one attached hydrogen (secondary N) is 2. The van der Waals surface area contributed by atoms with Crippen molar-refractivity contribution in [1.82, 2.24) is 15.5 Å². The largest absolute Gasteiger partial charge is 0.356 e. The van der Waals surface area contributed by atoms with E-state index < -0.39 is 0 Å². The summed E-state index contributed by atoms with van der Waals surface area (Å²) in [4.78, 5) is 6.64. The molecule has 0 aromatic heterocycles. The van der Waals surface area contributed by atoms with Crippen molar-refractivity contribution < 1.29 is 0 Å². The van der Waals surface area contributed by atoms with Gasteiger partial charge in [-0.05, 0) is 44.7 Å². The molecule has 2 fully saturated rings. The van der Waals surface area contributed by atoms with E-state index in [0.29, 0.717) is 0 Å². The lowest BCUT2D eigenvalue weighted by molar-refractivity contribution is 0.394. The highest BCUT2D eigenvalue weighted by atomic mass is 15.2. The Morgan fingerprint density at radius 1 is 1.19 bits per heavy atom. The van der Waals surface area contributed by atoms with Gasteiger partial charge in [0, 0.05) is 26.7 Å². The summed E-state index contributed by atoms with van der Waals surface area (Å²) in [5, 5.41) is 6.82. The van der Waals surface area contributed by atoms with Crippen LogP contribution in [-0.4, -0.2) is 51.1 Å². The van der Waals surface area contributed by atoms with E-state index in [1.165, 1.54) is 32.4 Å². The number of nitrogens with zero attached hydrogens (tertiary/aromatic N) is 2. The smallest absolute Gasteiger partial charge is 0.190 e. The van der Waals surface area contributed by atoms with Gasteiger partial charge in [-0.1, -0.05) is 0 Å². The van der Waals surface area contributed by atoms with Crippen molar-refractivity contribution in [2.45, 2.75) is 19.3 Å². The van der Waals surface area contributed by atoms with Crippen LogP contribution in [0.15, 0.2) is 4.99 Å². The Kier molecular flexibility index (Phi) is 4.04.